The number of rotatable bonds is 6. The van der Waals surface area contributed by atoms with Crippen LogP contribution in [-0.4, -0.2) is 51.7 Å². The zero-order valence-corrected chi connectivity index (χ0v) is 22.4. The minimum atomic E-state index is -1.57. The first-order valence-corrected chi connectivity index (χ1v) is 30.3. The molecule has 0 heterocycles. The molecule has 0 aromatic carbocycles. The van der Waals surface area contributed by atoms with Gasteiger partial charge in [0.2, 0.25) is 0 Å². The normalized spacial score (nSPS) is 15.9. The van der Waals surface area contributed by atoms with E-state index in [-0.39, 0.29) is 7.35 Å². The molecule has 1 nitrogen and oxygen atoms in total. The van der Waals surface area contributed by atoms with Gasteiger partial charge in [-0.25, -0.2) is 0 Å². The molecule has 0 aromatic heterocycles. The first-order valence-electron chi connectivity index (χ1n) is 7.86. The largest absolute Gasteiger partial charge is 0.430 e. The van der Waals surface area contributed by atoms with Crippen LogP contribution in [0.2, 0.25) is 78.6 Å². The molecule has 0 spiro atoms. The van der Waals surface area contributed by atoms with Crippen molar-refractivity contribution in [2.45, 2.75) is 78.6 Å². The molecule has 121 valence electrons. The standard InChI is InChI=1S/C13H39OSi6/c1-14-20(18(8,9)10,19(11,12)13)15(16(2,3)4)17(5,6)7/h1-13H3. The highest BCUT2D eigenvalue weighted by Gasteiger charge is 2.66. The van der Waals surface area contributed by atoms with E-state index in [1.165, 1.54) is 0 Å². The van der Waals surface area contributed by atoms with Gasteiger partial charge < -0.3 is 4.43 Å². The molecule has 0 N–H and O–H groups in total. The van der Waals surface area contributed by atoms with Crippen molar-refractivity contribution < 1.29 is 4.43 Å². The Balaban J connectivity index is 6.51. The fourth-order valence-electron chi connectivity index (χ4n) is 4.77. The SMILES string of the molecule is CO[Si]([Si]([Si](C)(C)C)[Si](C)(C)C)([Si](C)(C)C)[Si](C)(C)C. The van der Waals surface area contributed by atoms with Crippen LogP contribution in [0.3, 0.4) is 0 Å². The van der Waals surface area contributed by atoms with E-state index >= 15 is 0 Å². The van der Waals surface area contributed by atoms with Crippen molar-refractivity contribution in [3.8, 4) is 0 Å². The van der Waals surface area contributed by atoms with Crippen LogP contribution in [-0.2, 0) is 4.43 Å². The number of hydrogen-bond donors (Lipinski definition) is 0. The third-order valence-corrected chi connectivity index (χ3v) is 112. The third-order valence-electron chi connectivity index (χ3n) is 4.27. The van der Waals surface area contributed by atoms with E-state index in [1.54, 1.807) is 0 Å². The minimum absolute atomic E-state index is 0.321. The lowest BCUT2D eigenvalue weighted by atomic mass is 11.8. The maximum absolute atomic E-state index is 6.76. The molecule has 0 aromatic rings. The Morgan fingerprint density at radius 3 is 0.850 bits per heavy atom. The van der Waals surface area contributed by atoms with Crippen molar-refractivity contribution in [2.75, 3.05) is 7.11 Å². The predicted octanol–water partition coefficient (Wildman–Crippen LogP) is 4.82. The Hall–Kier alpha value is 1.26. The molecule has 0 fully saturated rings. The maximum Gasteiger partial charge on any atom is 0.150 e. The van der Waals surface area contributed by atoms with Crippen molar-refractivity contribution in [3.63, 3.8) is 0 Å². The van der Waals surface area contributed by atoms with Gasteiger partial charge in [-0.2, -0.15) is 0 Å². The molecule has 0 amide bonds. The summed E-state index contributed by atoms with van der Waals surface area (Å²) < 4.78 is 6.76. The van der Waals surface area contributed by atoms with Gasteiger partial charge in [0.05, 0.1) is 22.5 Å². The van der Waals surface area contributed by atoms with Crippen LogP contribution in [0, 0.1) is 0 Å². The van der Waals surface area contributed by atoms with E-state index in [4.69, 9.17) is 4.43 Å². The van der Waals surface area contributed by atoms with E-state index in [0.717, 1.165) is 0 Å². The van der Waals surface area contributed by atoms with Crippen LogP contribution in [0.15, 0.2) is 0 Å². The summed E-state index contributed by atoms with van der Waals surface area (Å²) in [6.07, 6.45) is 0. The van der Waals surface area contributed by atoms with Crippen LogP contribution in [0.25, 0.3) is 0 Å². The van der Waals surface area contributed by atoms with E-state index in [1.807, 2.05) is 0 Å². The minimum Gasteiger partial charge on any atom is -0.430 e. The fraction of sp³-hybridized carbons (Fsp3) is 1.00. The van der Waals surface area contributed by atoms with Gasteiger partial charge in [-0.3, -0.25) is 0 Å². The molecule has 0 rings (SSSR count). The zero-order valence-electron chi connectivity index (χ0n) is 16.4. The molecule has 0 bridgehead atoms. The first-order chi connectivity index (χ1) is 8.43. The average Bonchev–Trinajstić information content (AvgIpc) is 2.04. The smallest absolute Gasteiger partial charge is 0.150 e. The van der Waals surface area contributed by atoms with Crippen LogP contribution >= 0.6 is 0 Å². The maximum atomic E-state index is 6.76. The van der Waals surface area contributed by atoms with Crippen molar-refractivity contribution in [1.82, 2.24) is 0 Å². The summed E-state index contributed by atoms with van der Waals surface area (Å²) in [7, 11) is -3.00. The quantitative estimate of drug-likeness (QED) is 0.601. The monoisotopic (exact) mass is 379 g/mol. The van der Waals surface area contributed by atoms with Crippen molar-refractivity contribution >= 4 is 44.6 Å². The highest BCUT2D eigenvalue weighted by molar-refractivity contribution is 8.02. The van der Waals surface area contributed by atoms with Crippen LogP contribution in [0.5, 0.6) is 0 Å². The summed E-state index contributed by atoms with van der Waals surface area (Å²) in [6.45, 7) is 30.1. The summed E-state index contributed by atoms with van der Waals surface area (Å²) >= 11 is 0. The lowest BCUT2D eigenvalue weighted by Crippen LogP contribution is -2.89. The molecule has 7 heteroatoms. The van der Waals surface area contributed by atoms with E-state index < -0.39 is 37.2 Å². The van der Waals surface area contributed by atoms with Crippen molar-refractivity contribution in [2.24, 2.45) is 0 Å². The Kier molecular flexibility index (Phi) is 6.43. The molecular formula is C13H39OSi6. The van der Waals surface area contributed by atoms with Gasteiger partial charge in [0.15, 0.2) is 6.87 Å². The molecule has 0 unspecified atom stereocenters. The molecular weight excluding hydrogens is 341 g/mol. The van der Waals surface area contributed by atoms with Crippen molar-refractivity contribution in [3.05, 3.63) is 0 Å². The molecule has 0 atom stereocenters. The second kappa shape index (κ2) is 6.05. The van der Waals surface area contributed by atoms with E-state index in [2.05, 4.69) is 85.7 Å². The van der Waals surface area contributed by atoms with Gasteiger partial charge in [-0.15, -0.1) is 0 Å². The second-order valence-electron chi connectivity index (χ2n) is 10.3. The highest BCUT2D eigenvalue weighted by Crippen LogP contribution is 2.38. The lowest BCUT2D eigenvalue weighted by molar-refractivity contribution is 0.437. The lowest BCUT2D eigenvalue weighted by Gasteiger charge is -2.59. The molecule has 1 radical (unpaired) electrons. The number of hydrogen-bond acceptors (Lipinski definition) is 1. The van der Waals surface area contributed by atoms with Gasteiger partial charge in [0, 0.05) is 22.3 Å². The Labute approximate surface area is 134 Å². The molecule has 0 aliphatic carbocycles. The summed E-state index contributed by atoms with van der Waals surface area (Å²) in [5.41, 5.74) is 0. The highest BCUT2D eigenvalue weighted by atomic mass is 30.2. The first kappa shape index (κ1) is 21.3. The van der Waals surface area contributed by atoms with Crippen LogP contribution in [0.1, 0.15) is 0 Å². The molecule has 0 saturated heterocycles. The molecule has 0 saturated carbocycles. The summed E-state index contributed by atoms with van der Waals surface area (Å²) in [5, 5.41) is 0. The molecule has 0 aliphatic heterocycles. The van der Waals surface area contributed by atoms with Gasteiger partial charge in [0.1, 0.15) is 0 Å². The van der Waals surface area contributed by atoms with Gasteiger partial charge >= 0.3 is 0 Å². The van der Waals surface area contributed by atoms with E-state index in [9.17, 15) is 0 Å². The summed E-state index contributed by atoms with van der Waals surface area (Å²) in [5.74, 6) is 0. The zero-order chi connectivity index (χ0) is 16.8. The Morgan fingerprint density at radius 2 is 0.800 bits per heavy atom. The van der Waals surface area contributed by atoms with Gasteiger partial charge in [0.25, 0.3) is 0 Å². The van der Waals surface area contributed by atoms with Crippen LogP contribution < -0.4 is 0 Å². The second-order valence-corrected chi connectivity index (χ2v) is 68.6. The summed E-state index contributed by atoms with van der Waals surface area (Å²) in [4.78, 5) is 0. The Morgan fingerprint density at radius 1 is 0.550 bits per heavy atom. The van der Waals surface area contributed by atoms with Crippen LogP contribution in [0.4, 0.5) is 0 Å². The third kappa shape index (κ3) is 3.96. The van der Waals surface area contributed by atoms with Gasteiger partial charge in [-0.05, 0) is 0 Å². The fourth-order valence-corrected chi connectivity index (χ4v) is 199. The molecule has 20 heavy (non-hydrogen) atoms. The Bertz CT molecular complexity index is 301. The van der Waals surface area contributed by atoms with Crippen molar-refractivity contribution in [1.29, 1.82) is 0 Å². The average molecular weight is 380 g/mol. The van der Waals surface area contributed by atoms with Gasteiger partial charge in [-0.1, -0.05) is 78.6 Å². The van der Waals surface area contributed by atoms with E-state index in [0.29, 0.717) is 0 Å². The summed E-state index contributed by atoms with van der Waals surface area (Å²) in [6, 6.07) is 0. The topological polar surface area (TPSA) is 9.23 Å². The predicted molar refractivity (Wildman–Crippen MR) is 112 cm³/mol. The molecule has 0 aliphatic rings.